The monoisotopic (exact) mass is 273 g/mol. The first kappa shape index (κ1) is 16.0. The fraction of sp³-hybridized carbons (Fsp3) is 0.600. The molecule has 0 bridgehead atoms. The minimum atomic E-state index is -4.04. The third-order valence-corrected chi connectivity index (χ3v) is 3.29. The predicted molar refractivity (Wildman–Crippen MR) is 72.1 cm³/mol. The van der Waals surface area contributed by atoms with Crippen molar-refractivity contribution in [2.45, 2.75) is 58.3 Å². The first-order chi connectivity index (χ1) is 8.79. The molecule has 0 heterocycles. The van der Waals surface area contributed by atoms with Crippen LogP contribution in [0.2, 0.25) is 0 Å². The molecule has 1 N–H and O–H groups in total. The molecule has 0 saturated carbocycles. The minimum Gasteiger partial charge on any atom is -0.308 e. The van der Waals surface area contributed by atoms with Crippen LogP contribution in [0.3, 0.4) is 0 Å². The highest BCUT2D eigenvalue weighted by Gasteiger charge is 2.26. The summed E-state index contributed by atoms with van der Waals surface area (Å²) in [6.45, 7) is 6.02. The van der Waals surface area contributed by atoms with Crippen molar-refractivity contribution < 1.29 is 13.2 Å². The molecule has 0 aliphatic rings. The van der Waals surface area contributed by atoms with E-state index in [2.05, 4.69) is 11.4 Å². The smallest absolute Gasteiger partial charge is 0.308 e. The Labute approximate surface area is 113 Å². The second kappa shape index (κ2) is 6.94. The van der Waals surface area contributed by atoms with Gasteiger partial charge in [0.1, 0.15) is 0 Å². The summed E-state index contributed by atoms with van der Waals surface area (Å²) in [6, 6.07) is 8.30. The lowest BCUT2D eigenvalue weighted by molar-refractivity contribution is -0.135. The van der Waals surface area contributed by atoms with E-state index in [0.717, 1.165) is 0 Å². The second-order valence-corrected chi connectivity index (χ2v) is 5.15. The van der Waals surface area contributed by atoms with Gasteiger partial charge in [-0.25, -0.2) is 0 Å². The topological polar surface area (TPSA) is 12.0 Å². The zero-order valence-corrected chi connectivity index (χ0v) is 11.7. The van der Waals surface area contributed by atoms with Crippen LogP contribution in [0.15, 0.2) is 24.3 Å². The number of rotatable bonds is 6. The van der Waals surface area contributed by atoms with E-state index in [9.17, 15) is 13.2 Å². The van der Waals surface area contributed by atoms with Gasteiger partial charge in [-0.3, -0.25) is 0 Å². The molecule has 0 fully saturated rings. The second-order valence-electron chi connectivity index (χ2n) is 5.15. The SMILES string of the molecule is Cc1ccccc1[C@@H](C)NC(C)CCCC(F)(F)F. The Balaban J connectivity index is 2.40. The lowest BCUT2D eigenvalue weighted by Crippen LogP contribution is -2.29. The number of hydrogen-bond acceptors (Lipinski definition) is 1. The molecule has 0 spiro atoms. The summed E-state index contributed by atoms with van der Waals surface area (Å²) in [4.78, 5) is 0. The normalized spacial score (nSPS) is 15.3. The zero-order chi connectivity index (χ0) is 14.5. The number of aryl methyl sites for hydroxylation is 1. The number of halogens is 3. The average Bonchev–Trinajstić information content (AvgIpc) is 2.27. The van der Waals surface area contributed by atoms with Crippen molar-refractivity contribution in [3.8, 4) is 0 Å². The number of alkyl halides is 3. The van der Waals surface area contributed by atoms with E-state index in [1.807, 2.05) is 39.0 Å². The van der Waals surface area contributed by atoms with E-state index in [1.165, 1.54) is 11.1 Å². The van der Waals surface area contributed by atoms with Gasteiger partial charge < -0.3 is 5.32 Å². The highest BCUT2D eigenvalue weighted by molar-refractivity contribution is 5.28. The van der Waals surface area contributed by atoms with Crippen molar-refractivity contribution in [3.63, 3.8) is 0 Å². The van der Waals surface area contributed by atoms with Crippen LogP contribution in [0.5, 0.6) is 0 Å². The van der Waals surface area contributed by atoms with Crippen molar-refractivity contribution in [1.82, 2.24) is 5.32 Å². The molecule has 0 radical (unpaired) electrons. The van der Waals surface area contributed by atoms with E-state index in [-0.39, 0.29) is 18.5 Å². The molecule has 1 nitrogen and oxygen atoms in total. The van der Waals surface area contributed by atoms with Crippen LogP contribution in [0.4, 0.5) is 13.2 Å². The molecule has 0 saturated heterocycles. The molecule has 1 rings (SSSR count). The van der Waals surface area contributed by atoms with Crippen molar-refractivity contribution in [1.29, 1.82) is 0 Å². The number of nitrogens with one attached hydrogen (secondary N) is 1. The van der Waals surface area contributed by atoms with Gasteiger partial charge in [0.2, 0.25) is 0 Å². The summed E-state index contributed by atoms with van der Waals surface area (Å²) in [7, 11) is 0. The van der Waals surface area contributed by atoms with Crippen molar-refractivity contribution in [2.75, 3.05) is 0 Å². The van der Waals surface area contributed by atoms with Gasteiger partial charge in [0.05, 0.1) is 0 Å². The first-order valence-electron chi connectivity index (χ1n) is 6.68. The molecule has 0 amide bonds. The largest absolute Gasteiger partial charge is 0.389 e. The summed E-state index contributed by atoms with van der Waals surface area (Å²) >= 11 is 0. The van der Waals surface area contributed by atoms with Gasteiger partial charge in [-0.2, -0.15) is 13.2 Å². The van der Waals surface area contributed by atoms with Crippen LogP contribution in [0.25, 0.3) is 0 Å². The molecule has 108 valence electrons. The van der Waals surface area contributed by atoms with Gasteiger partial charge in [-0.15, -0.1) is 0 Å². The Bertz CT molecular complexity index is 387. The van der Waals surface area contributed by atoms with E-state index in [4.69, 9.17) is 0 Å². The van der Waals surface area contributed by atoms with E-state index in [1.54, 1.807) is 0 Å². The summed E-state index contributed by atoms with van der Waals surface area (Å²) < 4.78 is 36.2. The standard InChI is InChI=1S/C15H22F3N/c1-11-7-4-5-9-14(11)13(3)19-12(2)8-6-10-15(16,17)18/h4-5,7,9,12-13,19H,6,8,10H2,1-3H3/t12?,13-/m1/s1. The van der Waals surface area contributed by atoms with Crippen LogP contribution >= 0.6 is 0 Å². The molecule has 1 aromatic carbocycles. The summed E-state index contributed by atoms with van der Waals surface area (Å²) in [6.07, 6.45) is -4.02. The highest BCUT2D eigenvalue weighted by atomic mass is 19.4. The van der Waals surface area contributed by atoms with E-state index in [0.29, 0.717) is 6.42 Å². The van der Waals surface area contributed by atoms with Gasteiger partial charge in [0.15, 0.2) is 0 Å². The maximum absolute atomic E-state index is 12.1. The van der Waals surface area contributed by atoms with Gasteiger partial charge in [0.25, 0.3) is 0 Å². The maximum Gasteiger partial charge on any atom is 0.389 e. The first-order valence-corrected chi connectivity index (χ1v) is 6.68. The molecule has 1 aromatic rings. The van der Waals surface area contributed by atoms with Crippen LogP contribution in [-0.2, 0) is 0 Å². The summed E-state index contributed by atoms with van der Waals surface area (Å²) in [5.74, 6) is 0. The van der Waals surface area contributed by atoms with Crippen molar-refractivity contribution >= 4 is 0 Å². The van der Waals surface area contributed by atoms with Crippen LogP contribution in [0, 0.1) is 6.92 Å². The van der Waals surface area contributed by atoms with Crippen LogP contribution < -0.4 is 5.32 Å². The molecular weight excluding hydrogens is 251 g/mol. The fourth-order valence-electron chi connectivity index (χ4n) is 2.28. The Hall–Kier alpha value is -1.03. The van der Waals surface area contributed by atoms with Crippen LogP contribution in [0.1, 0.15) is 50.3 Å². The third-order valence-electron chi connectivity index (χ3n) is 3.29. The third kappa shape index (κ3) is 6.10. The molecular formula is C15H22F3N. The van der Waals surface area contributed by atoms with Gasteiger partial charge in [0, 0.05) is 18.5 Å². The molecule has 4 heteroatoms. The van der Waals surface area contributed by atoms with Crippen molar-refractivity contribution in [3.05, 3.63) is 35.4 Å². The van der Waals surface area contributed by atoms with E-state index >= 15 is 0 Å². The predicted octanol–water partition coefficient (Wildman–Crippen LogP) is 4.77. The van der Waals surface area contributed by atoms with E-state index < -0.39 is 12.6 Å². The highest BCUT2D eigenvalue weighted by Crippen LogP contribution is 2.23. The Morgan fingerprint density at radius 3 is 2.37 bits per heavy atom. The van der Waals surface area contributed by atoms with Crippen molar-refractivity contribution in [2.24, 2.45) is 0 Å². The minimum absolute atomic E-state index is 0.0805. The molecule has 1 unspecified atom stereocenters. The molecule has 0 aliphatic heterocycles. The number of benzene rings is 1. The Morgan fingerprint density at radius 2 is 1.79 bits per heavy atom. The quantitative estimate of drug-likeness (QED) is 0.787. The fourth-order valence-corrected chi connectivity index (χ4v) is 2.28. The van der Waals surface area contributed by atoms with Crippen LogP contribution in [-0.4, -0.2) is 12.2 Å². The lowest BCUT2D eigenvalue weighted by atomic mass is 10.0. The number of hydrogen-bond donors (Lipinski definition) is 1. The molecule has 0 aromatic heterocycles. The Morgan fingerprint density at radius 1 is 1.16 bits per heavy atom. The summed E-state index contributed by atoms with van der Waals surface area (Å²) in [5, 5.41) is 3.36. The van der Waals surface area contributed by atoms with Gasteiger partial charge >= 0.3 is 6.18 Å². The Kier molecular flexibility index (Phi) is 5.85. The molecule has 2 atom stereocenters. The summed E-state index contributed by atoms with van der Waals surface area (Å²) in [5.41, 5.74) is 2.40. The van der Waals surface area contributed by atoms with Gasteiger partial charge in [-0.1, -0.05) is 24.3 Å². The maximum atomic E-state index is 12.1. The molecule has 19 heavy (non-hydrogen) atoms. The molecule has 0 aliphatic carbocycles. The lowest BCUT2D eigenvalue weighted by Gasteiger charge is -2.22. The zero-order valence-electron chi connectivity index (χ0n) is 11.7. The average molecular weight is 273 g/mol. The van der Waals surface area contributed by atoms with Gasteiger partial charge in [-0.05, 0) is 44.7 Å².